The highest BCUT2D eigenvalue weighted by Gasteiger charge is 2.29. The van der Waals surface area contributed by atoms with E-state index < -0.39 is 0 Å². The van der Waals surface area contributed by atoms with Gasteiger partial charge in [-0.1, -0.05) is 26.8 Å². The number of nitrogens with two attached hydrogens (primary N) is 1. The Morgan fingerprint density at radius 3 is 2.08 bits per heavy atom. The lowest BCUT2D eigenvalue weighted by molar-refractivity contribution is 0.000274. The summed E-state index contributed by atoms with van der Waals surface area (Å²) in [7, 11) is 1.68. The molecule has 0 saturated carbocycles. The number of hydrogen-bond donors (Lipinski definition) is 2. The summed E-state index contributed by atoms with van der Waals surface area (Å²) in [6.45, 7) is 10.0. The van der Waals surface area contributed by atoms with E-state index in [1.807, 2.05) is 0 Å². The van der Waals surface area contributed by atoms with Gasteiger partial charge in [0.25, 0.3) is 0 Å². The number of ether oxygens (including phenoxy) is 1. The summed E-state index contributed by atoms with van der Waals surface area (Å²) in [5.74, 6) is 5.36. The van der Waals surface area contributed by atoms with Crippen molar-refractivity contribution in [2.24, 2.45) is 11.3 Å². The van der Waals surface area contributed by atoms with Crippen LogP contribution in [0.15, 0.2) is 12.7 Å². The minimum absolute atomic E-state index is 0.00463. The van der Waals surface area contributed by atoms with Gasteiger partial charge in [-0.25, -0.2) is 0 Å². The standard InChI is InChI=1S/C9H20N2O/c1-6-7(11-10)8(12-5)9(2,3)4/h6-8,11H,1,10H2,2-5H3. The van der Waals surface area contributed by atoms with E-state index >= 15 is 0 Å². The van der Waals surface area contributed by atoms with Gasteiger partial charge < -0.3 is 4.74 Å². The third-order valence-electron chi connectivity index (χ3n) is 1.88. The Labute approximate surface area is 74.9 Å². The molecular formula is C9H20N2O. The molecule has 3 nitrogen and oxygen atoms in total. The maximum absolute atomic E-state index is 5.36. The van der Waals surface area contributed by atoms with Crippen molar-refractivity contribution in [3.63, 3.8) is 0 Å². The first-order valence-electron chi connectivity index (χ1n) is 4.08. The summed E-state index contributed by atoms with van der Waals surface area (Å²) < 4.78 is 5.34. The normalized spacial score (nSPS) is 17.1. The Bertz CT molecular complexity index is 140. The van der Waals surface area contributed by atoms with Crippen LogP contribution in [-0.4, -0.2) is 19.3 Å². The zero-order chi connectivity index (χ0) is 9.78. The lowest BCUT2D eigenvalue weighted by Crippen LogP contribution is -2.49. The van der Waals surface area contributed by atoms with Crippen LogP contribution in [0.5, 0.6) is 0 Å². The molecule has 0 aromatic rings. The van der Waals surface area contributed by atoms with Crippen molar-refractivity contribution in [3.8, 4) is 0 Å². The van der Waals surface area contributed by atoms with E-state index in [2.05, 4.69) is 32.8 Å². The molecule has 72 valence electrons. The van der Waals surface area contributed by atoms with E-state index in [1.54, 1.807) is 13.2 Å². The molecule has 0 aromatic heterocycles. The van der Waals surface area contributed by atoms with Gasteiger partial charge in [0, 0.05) is 7.11 Å². The molecule has 0 rings (SSSR count). The van der Waals surface area contributed by atoms with E-state index in [-0.39, 0.29) is 17.6 Å². The first kappa shape index (κ1) is 11.6. The highest BCUT2D eigenvalue weighted by molar-refractivity contribution is 4.95. The molecule has 0 spiro atoms. The van der Waals surface area contributed by atoms with Crippen molar-refractivity contribution < 1.29 is 4.74 Å². The zero-order valence-corrected chi connectivity index (χ0v) is 8.42. The second-order valence-electron chi connectivity index (χ2n) is 3.95. The molecule has 3 heteroatoms. The molecule has 3 N–H and O–H groups in total. The van der Waals surface area contributed by atoms with Gasteiger partial charge in [0.1, 0.15) is 0 Å². The predicted molar refractivity (Wildman–Crippen MR) is 51.6 cm³/mol. The van der Waals surface area contributed by atoms with Gasteiger partial charge in [0.15, 0.2) is 0 Å². The van der Waals surface area contributed by atoms with Gasteiger partial charge in [-0.3, -0.25) is 11.3 Å². The molecule has 0 fully saturated rings. The van der Waals surface area contributed by atoms with Crippen LogP contribution in [0.2, 0.25) is 0 Å². The first-order chi connectivity index (χ1) is 5.47. The molecule has 12 heavy (non-hydrogen) atoms. The Hall–Kier alpha value is -0.380. The topological polar surface area (TPSA) is 47.3 Å². The fourth-order valence-electron chi connectivity index (χ4n) is 1.32. The van der Waals surface area contributed by atoms with E-state index in [1.165, 1.54) is 0 Å². The highest BCUT2D eigenvalue weighted by atomic mass is 16.5. The second kappa shape index (κ2) is 4.60. The predicted octanol–water partition coefficient (Wildman–Crippen LogP) is 1.07. The summed E-state index contributed by atoms with van der Waals surface area (Å²) in [6.07, 6.45) is 1.80. The number of rotatable bonds is 4. The van der Waals surface area contributed by atoms with Crippen molar-refractivity contribution in [1.82, 2.24) is 5.43 Å². The van der Waals surface area contributed by atoms with Crippen LogP contribution in [0.25, 0.3) is 0 Å². The summed E-state index contributed by atoms with van der Waals surface area (Å²) in [5.41, 5.74) is 2.72. The molecule has 0 aliphatic heterocycles. The van der Waals surface area contributed by atoms with Gasteiger partial charge in [-0.05, 0) is 5.41 Å². The van der Waals surface area contributed by atoms with Crippen LogP contribution in [0.3, 0.4) is 0 Å². The van der Waals surface area contributed by atoms with Crippen LogP contribution < -0.4 is 11.3 Å². The van der Waals surface area contributed by atoms with E-state index in [0.29, 0.717) is 0 Å². The Balaban J connectivity index is 4.41. The molecule has 0 aliphatic carbocycles. The average molecular weight is 172 g/mol. The monoisotopic (exact) mass is 172 g/mol. The summed E-state index contributed by atoms with van der Waals surface area (Å²) in [5, 5.41) is 0. The summed E-state index contributed by atoms with van der Waals surface area (Å²) in [6, 6.07) is -0.00463. The molecule has 2 unspecified atom stereocenters. The van der Waals surface area contributed by atoms with E-state index in [9.17, 15) is 0 Å². The smallest absolute Gasteiger partial charge is 0.0821 e. The van der Waals surface area contributed by atoms with Crippen molar-refractivity contribution in [2.45, 2.75) is 32.9 Å². The van der Waals surface area contributed by atoms with Gasteiger partial charge in [0.05, 0.1) is 12.1 Å². The van der Waals surface area contributed by atoms with Gasteiger partial charge in [-0.15, -0.1) is 6.58 Å². The summed E-state index contributed by atoms with van der Waals surface area (Å²) in [4.78, 5) is 0. The summed E-state index contributed by atoms with van der Waals surface area (Å²) >= 11 is 0. The van der Waals surface area contributed by atoms with E-state index in [4.69, 9.17) is 10.6 Å². The largest absolute Gasteiger partial charge is 0.379 e. The SMILES string of the molecule is C=CC(NN)C(OC)C(C)(C)C. The maximum Gasteiger partial charge on any atom is 0.0821 e. The third kappa shape index (κ3) is 2.93. The van der Waals surface area contributed by atoms with Crippen molar-refractivity contribution in [1.29, 1.82) is 0 Å². The second-order valence-corrected chi connectivity index (χ2v) is 3.95. The lowest BCUT2D eigenvalue weighted by Gasteiger charge is -2.33. The minimum Gasteiger partial charge on any atom is -0.379 e. The third-order valence-corrected chi connectivity index (χ3v) is 1.88. The van der Waals surface area contributed by atoms with Gasteiger partial charge >= 0.3 is 0 Å². The molecular weight excluding hydrogens is 152 g/mol. The number of hydrazine groups is 1. The van der Waals surface area contributed by atoms with Crippen LogP contribution in [0, 0.1) is 5.41 Å². The molecule has 2 atom stereocenters. The molecule has 0 saturated heterocycles. The Morgan fingerprint density at radius 2 is 2.00 bits per heavy atom. The van der Waals surface area contributed by atoms with Crippen molar-refractivity contribution in [3.05, 3.63) is 12.7 Å². The molecule has 0 heterocycles. The number of methoxy groups -OCH3 is 1. The average Bonchev–Trinajstić information content (AvgIpc) is 1.97. The fourth-order valence-corrected chi connectivity index (χ4v) is 1.32. The lowest BCUT2D eigenvalue weighted by atomic mass is 9.84. The quantitative estimate of drug-likeness (QED) is 0.379. The molecule has 0 radical (unpaired) electrons. The molecule has 0 aliphatic rings. The van der Waals surface area contributed by atoms with Crippen molar-refractivity contribution >= 4 is 0 Å². The number of nitrogens with one attached hydrogen (secondary N) is 1. The maximum atomic E-state index is 5.36. The first-order valence-corrected chi connectivity index (χ1v) is 4.08. The Morgan fingerprint density at radius 1 is 1.50 bits per heavy atom. The fraction of sp³-hybridized carbons (Fsp3) is 0.778. The van der Waals surface area contributed by atoms with Crippen molar-refractivity contribution in [2.75, 3.05) is 7.11 Å². The van der Waals surface area contributed by atoms with Crippen LogP contribution in [0.4, 0.5) is 0 Å². The van der Waals surface area contributed by atoms with Crippen LogP contribution >= 0.6 is 0 Å². The minimum atomic E-state index is -0.00463. The molecule has 0 bridgehead atoms. The number of hydrogen-bond acceptors (Lipinski definition) is 3. The zero-order valence-electron chi connectivity index (χ0n) is 8.42. The van der Waals surface area contributed by atoms with Gasteiger partial charge in [-0.2, -0.15) is 0 Å². The van der Waals surface area contributed by atoms with Crippen LogP contribution in [0.1, 0.15) is 20.8 Å². The highest BCUT2D eigenvalue weighted by Crippen LogP contribution is 2.24. The Kier molecular flexibility index (Phi) is 4.45. The van der Waals surface area contributed by atoms with E-state index in [0.717, 1.165) is 0 Å². The molecule has 0 amide bonds. The van der Waals surface area contributed by atoms with Gasteiger partial charge in [0.2, 0.25) is 0 Å². The molecule has 0 aromatic carbocycles. The van der Waals surface area contributed by atoms with Crippen LogP contribution in [-0.2, 0) is 4.74 Å².